The van der Waals surface area contributed by atoms with Crippen LogP contribution >= 0.6 is 62.3 Å². The van der Waals surface area contributed by atoms with E-state index in [0.717, 1.165) is 30.0 Å². The van der Waals surface area contributed by atoms with Crippen LogP contribution in [0.3, 0.4) is 0 Å². The van der Waals surface area contributed by atoms with Gasteiger partial charge in [0.05, 0.1) is 170 Å². The number of ketones is 3. The number of nitrogens with zero attached hydrogens (tertiary/aromatic N) is 17. The average molecular weight is 1990 g/mol. The Kier molecular flexibility index (Phi) is 31.5. The second-order valence-corrected chi connectivity index (χ2v) is 32.9. The van der Waals surface area contributed by atoms with Gasteiger partial charge in [0.2, 0.25) is 23.3 Å². The number of hydrogen-bond donors (Lipinski definition) is 5. The van der Waals surface area contributed by atoms with Gasteiger partial charge in [-0.25, -0.2) is 29.9 Å². The van der Waals surface area contributed by atoms with Gasteiger partial charge in [-0.2, -0.15) is 0 Å². The highest BCUT2D eigenvalue weighted by Gasteiger charge is 2.34. The van der Waals surface area contributed by atoms with Crippen molar-refractivity contribution < 1.29 is 62.7 Å². The number of nitrogens with two attached hydrogens (primary N) is 1. The molecule has 44 heteroatoms. The number of nitro groups is 4. The van der Waals surface area contributed by atoms with E-state index < -0.39 is 19.7 Å². The molecule has 0 atom stereocenters. The van der Waals surface area contributed by atoms with Crippen LogP contribution in [0.25, 0.3) is 27.9 Å². The first-order valence-electron chi connectivity index (χ1n) is 41.9. The van der Waals surface area contributed by atoms with Gasteiger partial charge in [0.25, 0.3) is 5.82 Å². The Balaban J connectivity index is 0.000000146. The third kappa shape index (κ3) is 22.7. The monoisotopic (exact) mass is 1990 g/mol. The number of methoxy groups -OCH3 is 2. The first-order chi connectivity index (χ1) is 65.5. The van der Waals surface area contributed by atoms with Crippen LogP contribution in [0.4, 0.5) is 69.0 Å². The minimum absolute atomic E-state index is 0.00678. The topological polar surface area (TPSA) is 485 Å². The molecule has 3 fully saturated rings. The summed E-state index contributed by atoms with van der Waals surface area (Å²) in [6.45, 7) is 14.4. The molecule has 14 aromatic rings. The standard InChI is InChI=1S/C28H27ClN6O5.C24H19BrClN5O4.C20H19ClN6O4.C20H19ClN6O3/c1-18-26(35(37)38)28(32-34(18)17-19-7-9-20(39-2)10-8-19)31-24-15-25(33-11-13-40-14-12-33)30-16-22(24)27(36)21-5-3-4-6-23(21)29;1-14-22(31(33)34)24(29-30(14)13-15-7-9-16(35-2)10-8-15)28-20-11-21(25)27-12-18(20)23(32)17-5-3-4-6-19(17)26;1-12-18(27(29)30)20(25-24-12)23-16-10-17(26-6-8-31-9-7-26)22-11-14(16)19(28)13-4-2-3-5-15(13)21;1-12(22)19(27(28)29)20-24-16-10-17(26-6-8-30-9-7-26)23-11-14(16)18(25-20)13-4-2-3-5-15(13)21/h3-10,15-16H,11-14,17H2,1-2H3,(H,30,31,32);3-12H,13H2,1-2H3,(H,27,28,29);2-5,10-11H,6-9H2,1H3,(H2,22,23,24,25);2-5,10-11H,6-9,22H2,1H3/p+1. The zero-order valence-electron chi connectivity index (χ0n) is 73.5. The number of benzene rings is 6. The Bertz CT molecular complexity index is 6890. The fraction of sp³-hybridized carbons (Fsp3) is 0.217. The number of morpholine rings is 3. The summed E-state index contributed by atoms with van der Waals surface area (Å²) in [7, 11) is 3.17. The summed E-state index contributed by atoms with van der Waals surface area (Å²) >= 11 is 28.5. The molecule has 0 aliphatic carbocycles. The van der Waals surface area contributed by atoms with E-state index in [1.807, 2.05) is 82.6 Å². The van der Waals surface area contributed by atoms with Crippen LogP contribution in [-0.2, 0) is 27.3 Å². The molecule has 0 spiro atoms. The van der Waals surface area contributed by atoms with Crippen molar-refractivity contribution in [2.45, 2.75) is 40.8 Å². The summed E-state index contributed by atoms with van der Waals surface area (Å²) in [6, 6.07) is 48.8. The summed E-state index contributed by atoms with van der Waals surface area (Å²) in [5.74, 6) is 2.36. The molecule has 0 radical (unpaired) electrons. The third-order valence-electron chi connectivity index (χ3n) is 21.8. The second kappa shape index (κ2) is 44.2. The molecule has 0 amide bonds. The lowest BCUT2D eigenvalue weighted by Gasteiger charge is -2.28. The summed E-state index contributed by atoms with van der Waals surface area (Å²) in [5, 5.41) is 73.8. The van der Waals surface area contributed by atoms with Crippen molar-refractivity contribution in [1.29, 1.82) is 0 Å². The van der Waals surface area contributed by atoms with E-state index in [0.29, 0.717) is 189 Å². The highest BCUT2D eigenvalue weighted by Crippen LogP contribution is 2.40. The van der Waals surface area contributed by atoms with Crippen LogP contribution < -0.4 is 50.8 Å². The number of hydrogen-bond acceptors (Lipinski definition) is 31. The maximum absolute atomic E-state index is 13.6. The van der Waals surface area contributed by atoms with Crippen molar-refractivity contribution >= 4 is 165 Å². The molecule has 0 bridgehead atoms. The molecular weight excluding hydrogens is 1900 g/mol. The number of rotatable bonds is 27. The zero-order valence-corrected chi connectivity index (χ0v) is 78.1. The third-order valence-corrected chi connectivity index (χ3v) is 23.6. The van der Waals surface area contributed by atoms with Crippen LogP contribution in [0.15, 0.2) is 205 Å². The minimum atomic E-state index is -0.565. The van der Waals surface area contributed by atoms with Gasteiger partial charge in [0.15, 0.2) is 17.3 Å². The summed E-state index contributed by atoms with van der Waals surface area (Å²) < 4.78 is 30.2. The molecule has 3 aliphatic heterocycles. The van der Waals surface area contributed by atoms with Crippen LogP contribution in [0.2, 0.25) is 20.1 Å². The van der Waals surface area contributed by atoms with Crippen LogP contribution in [0.1, 0.15) is 88.7 Å². The normalized spacial score (nSPS) is 13.2. The molecule has 6 aromatic carbocycles. The van der Waals surface area contributed by atoms with Gasteiger partial charge in [-0.3, -0.25) is 74.2 Å². The van der Waals surface area contributed by atoms with Gasteiger partial charge < -0.3 is 55.2 Å². The number of halogens is 5. The number of aromatic nitrogens is 12. The molecule has 7 N–H and O–H groups in total. The van der Waals surface area contributed by atoms with Crippen molar-refractivity contribution in [1.82, 2.24) is 54.7 Å². The molecule has 0 unspecified atom stereocenters. The molecule has 17 rings (SSSR count). The van der Waals surface area contributed by atoms with Gasteiger partial charge in [-0.05, 0) is 128 Å². The number of nitrogens with one attached hydrogen (secondary N) is 5. The van der Waals surface area contributed by atoms with Gasteiger partial charge in [-0.1, -0.05) is 125 Å². The number of carbonyl (C=O) groups excluding carboxylic acids is 3. The lowest BCUT2D eigenvalue weighted by atomic mass is 10.0. The fourth-order valence-electron chi connectivity index (χ4n) is 14.8. The van der Waals surface area contributed by atoms with E-state index in [-0.39, 0.29) is 96.4 Å². The van der Waals surface area contributed by atoms with Crippen LogP contribution in [0.5, 0.6) is 11.5 Å². The van der Waals surface area contributed by atoms with E-state index in [4.69, 9.17) is 75.8 Å². The Labute approximate surface area is 803 Å². The Morgan fingerprint density at radius 3 is 1.31 bits per heavy atom. The van der Waals surface area contributed by atoms with Crippen LogP contribution in [0, 0.1) is 61.2 Å². The fourth-order valence-corrected chi connectivity index (χ4v) is 16.0. The average Bonchev–Trinajstić information content (AvgIpc) is 1.30. The van der Waals surface area contributed by atoms with Gasteiger partial charge in [0, 0.05) is 84.2 Å². The van der Waals surface area contributed by atoms with Crippen molar-refractivity contribution in [2.75, 3.05) is 124 Å². The van der Waals surface area contributed by atoms with Crippen molar-refractivity contribution in [3.8, 4) is 22.8 Å². The summed E-state index contributed by atoms with van der Waals surface area (Å²) in [5.41, 5.74) is 11.9. The number of fused-ring (bicyclic) bond motifs is 1. The van der Waals surface area contributed by atoms with Crippen molar-refractivity contribution in [3.05, 3.63) is 333 Å². The number of pyridine rings is 4. The Hall–Kier alpha value is -15.0. The number of carbonyl (C=O) groups is 3. The largest absolute Gasteiger partial charge is 0.497 e. The molecule has 11 heterocycles. The molecule has 3 aliphatic rings. The van der Waals surface area contributed by atoms with E-state index in [1.54, 1.807) is 143 Å². The van der Waals surface area contributed by atoms with E-state index in [1.165, 1.54) is 30.2 Å². The number of aromatic amines is 2. The highest BCUT2D eigenvalue weighted by atomic mass is 79.9. The zero-order chi connectivity index (χ0) is 96.5. The molecule has 698 valence electrons. The van der Waals surface area contributed by atoms with E-state index in [2.05, 4.69) is 87.1 Å². The first kappa shape index (κ1) is 97.0. The number of allylic oxidation sites excluding steroid dienone is 1. The van der Waals surface area contributed by atoms with Crippen LogP contribution in [-0.4, -0.2) is 185 Å². The number of ether oxygens (including phenoxy) is 5. The van der Waals surface area contributed by atoms with Gasteiger partial charge >= 0.3 is 22.8 Å². The predicted octanol–water partition coefficient (Wildman–Crippen LogP) is 17.0. The molecular formula is C92H85BrCl4N23O16+. The Morgan fingerprint density at radius 1 is 0.507 bits per heavy atom. The van der Waals surface area contributed by atoms with Crippen molar-refractivity contribution in [2.24, 2.45) is 5.73 Å². The maximum atomic E-state index is 13.6. The maximum Gasteiger partial charge on any atom is 0.334 e. The summed E-state index contributed by atoms with van der Waals surface area (Å²) in [4.78, 5) is 117. The molecule has 3 saturated heterocycles. The second-order valence-electron chi connectivity index (χ2n) is 30.5. The minimum Gasteiger partial charge on any atom is -0.497 e. The highest BCUT2D eigenvalue weighted by molar-refractivity contribution is 9.10. The lowest BCUT2D eigenvalue weighted by Crippen LogP contribution is -2.39. The van der Waals surface area contributed by atoms with E-state index in [9.17, 15) is 54.8 Å². The van der Waals surface area contributed by atoms with E-state index >= 15 is 0 Å². The number of anilines is 9. The first-order valence-corrected chi connectivity index (χ1v) is 44.2. The molecule has 136 heavy (non-hydrogen) atoms. The predicted molar refractivity (Wildman–Crippen MR) is 516 cm³/mol. The summed E-state index contributed by atoms with van der Waals surface area (Å²) in [6.07, 6.45) is 6.09. The van der Waals surface area contributed by atoms with Crippen molar-refractivity contribution in [3.63, 3.8) is 0 Å². The molecule has 39 nitrogen and oxygen atoms in total. The lowest BCUT2D eigenvalue weighted by molar-refractivity contribution is -0.384. The number of aryl methyl sites for hydroxylation is 1. The Morgan fingerprint density at radius 2 is 0.904 bits per heavy atom. The smallest absolute Gasteiger partial charge is 0.334 e. The quantitative estimate of drug-likeness (QED) is 0.0138. The van der Waals surface area contributed by atoms with Gasteiger partial charge in [-0.15, -0.1) is 15.3 Å². The number of H-pyrrole nitrogens is 2. The molecule has 8 aromatic heterocycles. The van der Waals surface area contributed by atoms with Gasteiger partial charge in [0.1, 0.15) is 57.9 Å². The SMILES string of the molecule is CC(N)=C(c1nc(-c2ccccc2Cl)c2c[nH+]c(N3CCOCC3)cc2n1)[N+](=O)[O-].COc1ccc(Cn2nc(Nc3cc(Br)ncc3C(=O)c3ccccc3Cl)c([N+](=O)[O-])c2C)cc1.COc1ccc(Cn2nc(Nc3cc(N4CCOCC4)ncc3C(=O)c3ccccc3Cl)c([N+](=O)[O-])c2C)cc1.Cc1[nH]nc(Nc2cc(N3CCOCC3)ncc2C(=O)c2ccccc2Cl)c1[N+](=O)[O-]. The molecule has 0 saturated carbocycles.